The van der Waals surface area contributed by atoms with E-state index in [1.54, 1.807) is 0 Å². The Morgan fingerprint density at radius 1 is 1.30 bits per heavy atom. The fourth-order valence-electron chi connectivity index (χ4n) is 3.25. The van der Waals surface area contributed by atoms with Crippen molar-refractivity contribution in [3.63, 3.8) is 0 Å². The van der Waals surface area contributed by atoms with Crippen LogP contribution in [0.5, 0.6) is 0 Å². The molecule has 2 aromatic heterocycles. The van der Waals surface area contributed by atoms with E-state index in [4.69, 9.17) is 9.97 Å². The van der Waals surface area contributed by atoms with Gasteiger partial charge in [-0.3, -0.25) is 9.58 Å². The van der Waals surface area contributed by atoms with Gasteiger partial charge in [0.15, 0.2) is 5.65 Å². The van der Waals surface area contributed by atoms with Gasteiger partial charge in [-0.1, -0.05) is 27.7 Å². The second kappa shape index (κ2) is 6.07. The fraction of sp³-hybridized carbons (Fsp3) is 0.706. The van der Waals surface area contributed by atoms with Crippen molar-refractivity contribution in [2.45, 2.75) is 52.0 Å². The molecule has 0 amide bonds. The molecule has 0 saturated carbocycles. The monoisotopic (exact) mass is 316 g/mol. The molecule has 1 aliphatic rings. The van der Waals surface area contributed by atoms with Crippen LogP contribution in [0.4, 0.5) is 5.82 Å². The number of rotatable bonds is 4. The van der Waals surface area contributed by atoms with E-state index < -0.39 is 0 Å². The summed E-state index contributed by atoms with van der Waals surface area (Å²) in [6.07, 6.45) is 4.41. The number of likely N-dealkylation sites (N-methyl/N-ethyl adjacent to an activating group) is 1. The number of aryl methyl sites for hydroxylation is 1. The molecule has 1 atom stereocenters. The van der Waals surface area contributed by atoms with Crippen LogP contribution in [0.15, 0.2) is 6.20 Å². The Hall–Kier alpha value is -1.69. The molecular formula is C17H28N6. The number of nitrogens with one attached hydrogen (secondary N) is 1. The highest BCUT2D eigenvalue weighted by molar-refractivity contribution is 5.86. The summed E-state index contributed by atoms with van der Waals surface area (Å²) in [6.45, 7) is 11.9. The predicted octanol–water partition coefficient (Wildman–Crippen LogP) is 2.56. The maximum Gasteiger partial charge on any atom is 0.163 e. The zero-order valence-corrected chi connectivity index (χ0v) is 14.9. The van der Waals surface area contributed by atoms with Crippen LogP contribution in [0.1, 0.15) is 46.4 Å². The molecule has 0 aliphatic carbocycles. The summed E-state index contributed by atoms with van der Waals surface area (Å²) in [5.74, 6) is 1.77. The summed E-state index contributed by atoms with van der Waals surface area (Å²) in [4.78, 5) is 12.1. The first-order chi connectivity index (χ1) is 10.9. The van der Waals surface area contributed by atoms with Gasteiger partial charge in [-0.25, -0.2) is 9.97 Å². The van der Waals surface area contributed by atoms with Gasteiger partial charge in [-0.2, -0.15) is 5.10 Å². The molecule has 0 spiro atoms. The number of aromatic nitrogens is 4. The third kappa shape index (κ3) is 3.17. The standard InChI is InChI=1S/C17H28N6/c1-6-23-9-7-8-12(23)10-18-14-13-11-19-22(5)15(13)21-16(20-14)17(2,3)4/h11-12H,6-10H2,1-5H3,(H,18,20,21)/t12-/m1/s1. The maximum absolute atomic E-state index is 4.80. The first-order valence-corrected chi connectivity index (χ1v) is 8.58. The molecule has 6 nitrogen and oxygen atoms in total. The van der Waals surface area contributed by atoms with Gasteiger partial charge < -0.3 is 5.32 Å². The lowest BCUT2D eigenvalue weighted by molar-refractivity contribution is 0.277. The van der Waals surface area contributed by atoms with Crippen molar-refractivity contribution < 1.29 is 0 Å². The lowest BCUT2D eigenvalue weighted by atomic mass is 9.95. The van der Waals surface area contributed by atoms with Gasteiger partial charge in [-0.15, -0.1) is 0 Å². The Labute approximate surface area is 138 Å². The van der Waals surface area contributed by atoms with Crippen LogP contribution in [0.3, 0.4) is 0 Å². The highest BCUT2D eigenvalue weighted by Gasteiger charge is 2.24. The van der Waals surface area contributed by atoms with Gasteiger partial charge in [0.05, 0.1) is 11.6 Å². The molecule has 6 heteroatoms. The Morgan fingerprint density at radius 3 is 2.78 bits per heavy atom. The SMILES string of the molecule is CCN1CCC[C@@H]1CNc1nc(C(C)(C)C)nc2c1cnn2C. The van der Waals surface area contributed by atoms with Crippen LogP contribution >= 0.6 is 0 Å². The summed E-state index contributed by atoms with van der Waals surface area (Å²) < 4.78 is 1.82. The van der Waals surface area contributed by atoms with Gasteiger partial charge in [0, 0.05) is 25.0 Å². The number of anilines is 1. The average Bonchev–Trinajstić information content (AvgIpc) is 3.10. The van der Waals surface area contributed by atoms with Crippen molar-refractivity contribution in [3.8, 4) is 0 Å². The van der Waals surface area contributed by atoms with Crippen molar-refractivity contribution in [2.75, 3.05) is 25.0 Å². The molecule has 2 aromatic rings. The van der Waals surface area contributed by atoms with E-state index in [0.717, 1.165) is 35.8 Å². The van der Waals surface area contributed by atoms with Gasteiger partial charge in [0.1, 0.15) is 11.6 Å². The number of likely N-dealkylation sites (tertiary alicyclic amines) is 1. The summed E-state index contributed by atoms with van der Waals surface area (Å²) in [5.41, 5.74) is 0.809. The zero-order valence-electron chi connectivity index (χ0n) is 14.9. The minimum Gasteiger partial charge on any atom is -0.368 e. The van der Waals surface area contributed by atoms with Crippen molar-refractivity contribution in [1.29, 1.82) is 0 Å². The number of nitrogens with zero attached hydrogens (tertiary/aromatic N) is 5. The molecular weight excluding hydrogens is 288 g/mol. The van der Waals surface area contributed by atoms with Crippen LogP contribution in [0.25, 0.3) is 11.0 Å². The molecule has 0 bridgehead atoms. The van der Waals surface area contributed by atoms with Crippen LogP contribution in [0, 0.1) is 0 Å². The Bertz CT molecular complexity index is 684. The zero-order chi connectivity index (χ0) is 16.6. The largest absolute Gasteiger partial charge is 0.368 e. The minimum absolute atomic E-state index is 0.0856. The molecule has 23 heavy (non-hydrogen) atoms. The summed E-state index contributed by atoms with van der Waals surface area (Å²) in [5, 5.41) is 8.93. The molecule has 1 saturated heterocycles. The fourth-order valence-corrected chi connectivity index (χ4v) is 3.25. The van der Waals surface area contributed by atoms with Gasteiger partial charge in [0.25, 0.3) is 0 Å². The van der Waals surface area contributed by atoms with Crippen molar-refractivity contribution in [1.82, 2.24) is 24.6 Å². The molecule has 0 radical (unpaired) electrons. The van der Waals surface area contributed by atoms with Crippen LogP contribution < -0.4 is 5.32 Å². The molecule has 126 valence electrons. The van der Waals surface area contributed by atoms with E-state index in [1.807, 2.05) is 17.9 Å². The second-order valence-electron chi connectivity index (χ2n) is 7.46. The smallest absolute Gasteiger partial charge is 0.163 e. The Morgan fingerprint density at radius 2 is 2.09 bits per heavy atom. The molecule has 0 aromatic carbocycles. The quantitative estimate of drug-likeness (QED) is 0.939. The molecule has 0 unspecified atom stereocenters. The van der Waals surface area contributed by atoms with E-state index in [9.17, 15) is 0 Å². The summed E-state index contributed by atoms with van der Waals surface area (Å²) >= 11 is 0. The topological polar surface area (TPSA) is 58.9 Å². The molecule has 3 heterocycles. The van der Waals surface area contributed by atoms with Crippen LogP contribution in [-0.2, 0) is 12.5 Å². The number of hydrogen-bond acceptors (Lipinski definition) is 5. The van der Waals surface area contributed by atoms with Crippen molar-refractivity contribution >= 4 is 16.9 Å². The third-order valence-electron chi connectivity index (χ3n) is 4.67. The summed E-state index contributed by atoms with van der Waals surface area (Å²) in [7, 11) is 1.93. The van der Waals surface area contributed by atoms with E-state index in [2.05, 4.69) is 43.0 Å². The van der Waals surface area contributed by atoms with Crippen LogP contribution in [-0.4, -0.2) is 50.3 Å². The highest BCUT2D eigenvalue weighted by atomic mass is 15.3. The first-order valence-electron chi connectivity index (χ1n) is 8.58. The van der Waals surface area contributed by atoms with Crippen molar-refractivity contribution in [3.05, 3.63) is 12.0 Å². The predicted molar refractivity (Wildman–Crippen MR) is 93.8 cm³/mol. The lowest BCUT2D eigenvalue weighted by Crippen LogP contribution is -2.35. The molecule has 1 fully saturated rings. The van der Waals surface area contributed by atoms with E-state index in [-0.39, 0.29) is 5.41 Å². The van der Waals surface area contributed by atoms with Gasteiger partial charge in [0.2, 0.25) is 0 Å². The highest BCUT2D eigenvalue weighted by Crippen LogP contribution is 2.26. The number of hydrogen-bond donors (Lipinski definition) is 1. The van der Waals surface area contributed by atoms with Crippen LogP contribution in [0.2, 0.25) is 0 Å². The third-order valence-corrected chi connectivity index (χ3v) is 4.67. The number of fused-ring (bicyclic) bond motifs is 1. The lowest BCUT2D eigenvalue weighted by Gasteiger charge is -2.24. The maximum atomic E-state index is 4.80. The van der Waals surface area contributed by atoms with E-state index >= 15 is 0 Å². The Kier molecular flexibility index (Phi) is 4.27. The van der Waals surface area contributed by atoms with Gasteiger partial charge in [-0.05, 0) is 25.9 Å². The van der Waals surface area contributed by atoms with Gasteiger partial charge >= 0.3 is 0 Å². The normalized spacial score (nSPS) is 19.6. The summed E-state index contributed by atoms with van der Waals surface area (Å²) in [6, 6.07) is 0.597. The van der Waals surface area contributed by atoms with E-state index in [1.165, 1.54) is 19.4 Å². The molecule has 1 N–H and O–H groups in total. The van der Waals surface area contributed by atoms with Crippen molar-refractivity contribution in [2.24, 2.45) is 7.05 Å². The average molecular weight is 316 g/mol. The van der Waals surface area contributed by atoms with E-state index in [0.29, 0.717) is 6.04 Å². The minimum atomic E-state index is -0.0856. The second-order valence-corrected chi connectivity index (χ2v) is 7.46. The molecule has 3 rings (SSSR count). The molecule has 1 aliphatic heterocycles. The Balaban J connectivity index is 1.90. The first kappa shape index (κ1) is 16.2.